The number of hydrogen-bond donors (Lipinski definition) is 1. The molecule has 1 unspecified atom stereocenters. The number of nitrogens with one attached hydrogen (secondary N) is 1. The molecule has 0 spiro atoms. The summed E-state index contributed by atoms with van der Waals surface area (Å²) in [6.07, 6.45) is 6.62. The molecule has 0 amide bonds. The lowest BCUT2D eigenvalue weighted by Crippen LogP contribution is -2.24. The van der Waals surface area contributed by atoms with Gasteiger partial charge in [-0.05, 0) is 37.2 Å². The summed E-state index contributed by atoms with van der Waals surface area (Å²) in [6, 6.07) is 0. The predicted octanol–water partition coefficient (Wildman–Crippen LogP) is 2.80. The highest BCUT2D eigenvalue weighted by Gasteiger charge is 2.24. The molecule has 2 heterocycles. The second-order valence-electron chi connectivity index (χ2n) is 7.00. The molecular formula is C18H25N3O3S3. The molecule has 6 nitrogen and oxygen atoms in total. The highest BCUT2D eigenvalue weighted by atomic mass is 32.2. The second-order valence-corrected chi connectivity index (χ2v) is 11.0. The van der Waals surface area contributed by atoms with Gasteiger partial charge in [0.2, 0.25) is 10.0 Å². The average molecular weight is 428 g/mol. The van der Waals surface area contributed by atoms with Crippen molar-refractivity contribution in [3.63, 3.8) is 0 Å². The summed E-state index contributed by atoms with van der Waals surface area (Å²) in [5.41, 5.74) is 1.21. The van der Waals surface area contributed by atoms with Gasteiger partial charge in [-0.2, -0.15) is 0 Å². The maximum Gasteiger partial charge on any atom is 0.263 e. The van der Waals surface area contributed by atoms with Gasteiger partial charge in [0.25, 0.3) is 5.56 Å². The molecule has 0 radical (unpaired) electrons. The van der Waals surface area contributed by atoms with Gasteiger partial charge in [0.15, 0.2) is 5.16 Å². The first kappa shape index (κ1) is 20.6. The number of rotatable bonds is 8. The van der Waals surface area contributed by atoms with Gasteiger partial charge in [-0.1, -0.05) is 24.8 Å². The summed E-state index contributed by atoms with van der Waals surface area (Å²) in [7, 11) is -3.17. The molecule has 2 aromatic heterocycles. The molecule has 148 valence electrons. The molecule has 1 N–H and O–H groups in total. The normalized spacial score (nSPS) is 17.2. The molecule has 0 fully saturated rings. The summed E-state index contributed by atoms with van der Waals surface area (Å²) in [6.45, 7) is 6.83. The SMILES string of the molecule is C=CCn1c(SCCCNS(C)(=O)=O)nc2sc3c(c2c1=O)CCC(C)C3. The van der Waals surface area contributed by atoms with Crippen molar-refractivity contribution < 1.29 is 8.42 Å². The predicted molar refractivity (Wildman–Crippen MR) is 113 cm³/mol. The van der Waals surface area contributed by atoms with Gasteiger partial charge in [-0.25, -0.2) is 18.1 Å². The van der Waals surface area contributed by atoms with E-state index in [0.29, 0.717) is 36.3 Å². The van der Waals surface area contributed by atoms with Crippen LogP contribution in [0.5, 0.6) is 0 Å². The third-order valence-electron chi connectivity index (χ3n) is 4.61. The minimum atomic E-state index is -3.17. The number of sulfonamides is 1. The Kier molecular flexibility index (Phi) is 6.45. The van der Waals surface area contributed by atoms with Crippen molar-refractivity contribution in [2.75, 3.05) is 18.6 Å². The standard InChI is InChI=1S/C18H25N3O3S3/c1-4-9-21-17(22)15-13-7-6-12(2)11-14(13)26-16(15)20-18(21)25-10-5-8-19-27(3,23)24/h4,12,19H,1,5-11H2,2-3H3. The highest BCUT2D eigenvalue weighted by molar-refractivity contribution is 7.99. The van der Waals surface area contributed by atoms with E-state index in [1.54, 1.807) is 22.0 Å². The minimum absolute atomic E-state index is 0.0173. The van der Waals surface area contributed by atoms with E-state index in [2.05, 4.69) is 18.2 Å². The van der Waals surface area contributed by atoms with Gasteiger partial charge in [-0.3, -0.25) is 9.36 Å². The highest BCUT2D eigenvalue weighted by Crippen LogP contribution is 2.36. The van der Waals surface area contributed by atoms with E-state index in [0.717, 1.165) is 35.7 Å². The summed E-state index contributed by atoms with van der Waals surface area (Å²) < 4.78 is 26.4. The van der Waals surface area contributed by atoms with Gasteiger partial charge in [0.05, 0.1) is 11.6 Å². The van der Waals surface area contributed by atoms with Gasteiger partial charge < -0.3 is 0 Å². The van der Waals surface area contributed by atoms with E-state index in [1.165, 1.54) is 22.2 Å². The van der Waals surface area contributed by atoms with Crippen LogP contribution in [0.2, 0.25) is 0 Å². The summed E-state index contributed by atoms with van der Waals surface area (Å²) in [5, 5.41) is 1.46. The number of hydrogen-bond acceptors (Lipinski definition) is 6. The molecule has 1 aliphatic rings. The molecule has 3 rings (SSSR count). The Labute approximate surface area is 168 Å². The van der Waals surface area contributed by atoms with Crippen molar-refractivity contribution in [1.29, 1.82) is 0 Å². The van der Waals surface area contributed by atoms with E-state index in [4.69, 9.17) is 4.98 Å². The Morgan fingerprint density at radius 1 is 1.48 bits per heavy atom. The minimum Gasteiger partial charge on any atom is -0.283 e. The van der Waals surface area contributed by atoms with Gasteiger partial charge in [0.1, 0.15) is 4.83 Å². The summed E-state index contributed by atoms with van der Waals surface area (Å²) in [4.78, 5) is 20.1. The first-order valence-electron chi connectivity index (χ1n) is 9.03. The Balaban J connectivity index is 1.87. The number of thiophene rings is 1. The van der Waals surface area contributed by atoms with Crippen LogP contribution in [-0.2, 0) is 29.4 Å². The van der Waals surface area contributed by atoms with Crippen molar-refractivity contribution in [3.8, 4) is 0 Å². The van der Waals surface area contributed by atoms with Gasteiger partial charge in [-0.15, -0.1) is 17.9 Å². The number of aromatic nitrogens is 2. The Morgan fingerprint density at radius 2 is 2.26 bits per heavy atom. The van der Waals surface area contributed by atoms with Crippen molar-refractivity contribution in [2.45, 2.75) is 44.3 Å². The number of fused-ring (bicyclic) bond motifs is 3. The summed E-state index contributed by atoms with van der Waals surface area (Å²) in [5.74, 6) is 1.33. The van der Waals surface area contributed by atoms with Crippen molar-refractivity contribution in [1.82, 2.24) is 14.3 Å². The maximum atomic E-state index is 13.2. The smallest absolute Gasteiger partial charge is 0.263 e. The molecule has 0 saturated heterocycles. The van der Waals surface area contributed by atoms with Crippen LogP contribution in [0.3, 0.4) is 0 Å². The van der Waals surface area contributed by atoms with Crippen LogP contribution >= 0.6 is 23.1 Å². The zero-order valence-corrected chi connectivity index (χ0v) is 18.1. The molecule has 0 bridgehead atoms. The Morgan fingerprint density at radius 3 is 2.96 bits per heavy atom. The van der Waals surface area contributed by atoms with Crippen molar-refractivity contribution in [2.24, 2.45) is 5.92 Å². The number of allylic oxidation sites excluding steroid dienone is 1. The van der Waals surface area contributed by atoms with E-state index >= 15 is 0 Å². The molecule has 1 atom stereocenters. The van der Waals surface area contributed by atoms with Crippen molar-refractivity contribution in [3.05, 3.63) is 33.4 Å². The van der Waals surface area contributed by atoms with Gasteiger partial charge >= 0.3 is 0 Å². The fourth-order valence-electron chi connectivity index (χ4n) is 3.30. The van der Waals surface area contributed by atoms with Crippen LogP contribution in [0.1, 0.15) is 30.2 Å². The lowest BCUT2D eigenvalue weighted by molar-refractivity contribution is 0.509. The number of thioether (sulfide) groups is 1. The molecule has 0 aromatic carbocycles. The fourth-order valence-corrected chi connectivity index (χ4v) is 6.18. The largest absolute Gasteiger partial charge is 0.283 e. The van der Waals surface area contributed by atoms with E-state index in [9.17, 15) is 13.2 Å². The van der Waals surface area contributed by atoms with Crippen LogP contribution < -0.4 is 10.3 Å². The quantitative estimate of drug-likeness (QED) is 0.303. The third kappa shape index (κ3) is 4.82. The zero-order chi connectivity index (χ0) is 19.6. The molecule has 1 aliphatic carbocycles. The topological polar surface area (TPSA) is 81.1 Å². The van der Waals surface area contributed by atoms with Crippen molar-refractivity contribution >= 4 is 43.3 Å². The van der Waals surface area contributed by atoms with Crippen LogP contribution in [0.15, 0.2) is 22.6 Å². The van der Waals surface area contributed by atoms with Crippen LogP contribution in [0, 0.1) is 5.92 Å². The molecule has 9 heteroatoms. The lowest BCUT2D eigenvalue weighted by Gasteiger charge is -2.17. The first-order chi connectivity index (χ1) is 12.8. The Hall–Kier alpha value is -1.16. The lowest BCUT2D eigenvalue weighted by atomic mass is 9.89. The maximum absolute atomic E-state index is 13.2. The second kappa shape index (κ2) is 8.46. The molecule has 0 saturated carbocycles. The van der Waals surface area contributed by atoms with E-state index in [-0.39, 0.29) is 5.56 Å². The average Bonchev–Trinajstić information content (AvgIpc) is 2.94. The van der Waals surface area contributed by atoms with E-state index in [1.807, 2.05) is 0 Å². The zero-order valence-electron chi connectivity index (χ0n) is 15.7. The fraction of sp³-hybridized carbons (Fsp3) is 0.556. The molecular weight excluding hydrogens is 402 g/mol. The molecule has 0 aliphatic heterocycles. The van der Waals surface area contributed by atoms with Crippen LogP contribution in [0.4, 0.5) is 0 Å². The number of nitrogens with zero attached hydrogens (tertiary/aromatic N) is 2. The van der Waals surface area contributed by atoms with E-state index < -0.39 is 10.0 Å². The van der Waals surface area contributed by atoms with Gasteiger partial charge in [0, 0.05) is 23.7 Å². The third-order valence-corrected chi connectivity index (χ3v) is 7.55. The summed E-state index contributed by atoms with van der Waals surface area (Å²) >= 11 is 3.14. The van der Waals surface area contributed by atoms with Crippen LogP contribution in [0.25, 0.3) is 10.2 Å². The first-order valence-corrected chi connectivity index (χ1v) is 12.7. The van der Waals surface area contributed by atoms with Crippen LogP contribution in [-0.4, -0.2) is 36.5 Å². The molecule has 27 heavy (non-hydrogen) atoms. The molecule has 2 aromatic rings. The Bertz CT molecular complexity index is 1010. The monoisotopic (exact) mass is 427 g/mol. The number of aryl methyl sites for hydroxylation is 1.